The molecule has 2 N–H and O–H groups in total. The van der Waals surface area contributed by atoms with Gasteiger partial charge < -0.3 is 10.3 Å². The summed E-state index contributed by atoms with van der Waals surface area (Å²) in [5, 5.41) is 3.75. The molecule has 15 heavy (non-hydrogen) atoms. The minimum absolute atomic E-state index is 0.462. The van der Waals surface area contributed by atoms with Crippen molar-refractivity contribution in [1.82, 2.24) is 5.16 Å². The molecule has 1 heterocycles. The van der Waals surface area contributed by atoms with E-state index in [0.717, 1.165) is 16.9 Å². The predicted molar refractivity (Wildman–Crippen MR) is 60.6 cm³/mol. The summed E-state index contributed by atoms with van der Waals surface area (Å²) in [5.41, 5.74) is 10.0. The van der Waals surface area contributed by atoms with Crippen LogP contribution >= 0.6 is 0 Å². The van der Waals surface area contributed by atoms with Crippen LogP contribution in [0, 0.1) is 20.8 Å². The molecule has 0 aliphatic carbocycles. The molecule has 1 aromatic heterocycles. The third-order valence-corrected chi connectivity index (χ3v) is 2.44. The molecule has 0 radical (unpaired) electrons. The van der Waals surface area contributed by atoms with Gasteiger partial charge in [0, 0.05) is 11.1 Å². The van der Waals surface area contributed by atoms with E-state index in [2.05, 4.69) is 37.2 Å². The summed E-state index contributed by atoms with van der Waals surface area (Å²) < 4.78 is 5.22. The Morgan fingerprint density at radius 1 is 1.07 bits per heavy atom. The highest BCUT2D eigenvalue weighted by molar-refractivity contribution is 5.66. The number of hydrogen-bond acceptors (Lipinski definition) is 3. The summed E-state index contributed by atoms with van der Waals surface area (Å²) in [6.07, 6.45) is 0. The topological polar surface area (TPSA) is 52.0 Å². The Kier molecular flexibility index (Phi) is 2.23. The van der Waals surface area contributed by atoms with Gasteiger partial charge in [-0.1, -0.05) is 22.3 Å². The fourth-order valence-corrected chi connectivity index (χ4v) is 1.72. The second-order valence-electron chi connectivity index (χ2n) is 3.90. The molecule has 0 bridgehead atoms. The summed E-state index contributed by atoms with van der Waals surface area (Å²) in [4.78, 5) is 0. The molecule has 0 aliphatic heterocycles. The van der Waals surface area contributed by atoms with Gasteiger partial charge in [0.25, 0.3) is 0 Å². The normalized spacial score (nSPS) is 10.6. The number of rotatable bonds is 1. The van der Waals surface area contributed by atoms with E-state index in [-0.39, 0.29) is 0 Å². The highest BCUT2D eigenvalue weighted by atomic mass is 16.5. The molecule has 0 unspecified atom stereocenters. The first-order valence-electron chi connectivity index (χ1n) is 4.88. The van der Waals surface area contributed by atoms with Gasteiger partial charge in [-0.15, -0.1) is 0 Å². The zero-order valence-electron chi connectivity index (χ0n) is 9.16. The number of aryl methyl sites for hydroxylation is 2. The van der Waals surface area contributed by atoms with Gasteiger partial charge in [-0.25, -0.2) is 0 Å². The third-order valence-electron chi connectivity index (χ3n) is 2.44. The molecular weight excluding hydrogens is 188 g/mol. The summed E-state index contributed by atoms with van der Waals surface area (Å²) in [6, 6.07) is 6.26. The average Bonchev–Trinajstić information content (AvgIpc) is 2.46. The highest BCUT2D eigenvalue weighted by Crippen LogP contribution is 2.28. The Hall–Kier alpha value is -1.77. The lowest BCUT2D eigenvalue weighted by atomic mass is 10.0. The Morgan fingerprint density at radius 3 is 2.13 bits per heavy atom. The van der Waals surface area contributed by atoms with Crippen LogP contribution in [-0.2, 0) is 0 Å². The van der Waals surface area contributed by atoms with Gasteiger partial charge in [0.1, 0.15) is 0 Å². The Labute approximate surface area is 88.9 Å². The van der Waals surface area contributed by atoms with Crippen LogP contribution < -0.4 is 5.73 Å². The lowest BCUT2D eigenvalue weighted by Crippen LogP contribution is -1.87. The second kappa shape index (κ2) is 3.42. The van der Waals surface area contributed by atoms with Crippen molar-refractivity contribution in [2.75, 3.05) is 5.73 Å². The monoisotopic (exact) mass is 202 g/mol. The van der Waals surface area contributed by atoms with E-state index < -0.39 is 0 Å². The molecule has 0 saturated carbocycles. The number of aromatic nitrogens is 1. The molecule has 3 nitrogen and oxygen atoms in total. The van der Waals surface area contributed by atoms with Gasteiger partial charge in [-0.3, -0.25) is 0 Å². The molecule has 2 aromatic rings. The number of nitrogens with two attached hydrogens (primary N) is 1. The van der Waals surface area contributed by atoms with E-state index >= 15 is 0 Å². The third kappa shape index (κ3) is 1.73. The zero-order valence-corrected chi connectivity index (χ0v) is 9.16. The quantitative estimate of drug-likeness (QED) is 0.773. The molecule has 0 atom stereocenters. The van der Waals surface area contributed by atoms with Gasteiger partial charge in [-0.2, -0.15) is 0 Å². The number of anilines is 1. The first-order valence-corrected chi connectivity index (χ1v) is 4.88. The fourth-order valence-electron chi connectivity index (χ4n) is 1.72. The molecule has 0 saturated heterocycles. The predicted octanol–water partition coefficient (Wildman–Crippen LogP) is 2.85. The number of nitrogens with zero attached hydrogens (tertiary/aromatic N) is 1. The molecular formula is C12H14N2O. The Balaban J connectivity index is 2.58. The van der Waals surface area contributed by atoms with Crippen LogP contribution in [0.15, 0.2) is 22.7 Å². The maximum absolute atomic E-state index is 5.65. The van der Waals surface area contributed by atoms with E-state index in [1.165, 1.54) is 11.1 Å². The minimum Gasteiger partial charge on any atom is -0.381 e. The van der Waals surface area contributed by atoms with Crippen molar-refractivity contribution in [3.05, 3.63) is 34.9 Å². The minimum atomic E-state index is 0.462. The lowest BCUT2D eigenvalue weighted by Gasteiger charge is -2.02. The smallest absolute Gasteiger partial charge is 0.171 e. The van der Waals surface area contributed by atoms with Crippen LogP contribution in [0.2, 0.25) is 0 Å². The first kappa shape index (κ1) is 9.77. The maximum atomic E-state index is 5.65. The zero-order chi connectivity index (χ0) is 11.0. The van der Waals surface area contributed by atoms with Crippen molar-refractivity contribution in [3.63, 3.8) is 0 Å². The van der Waals surface area contributed by atoms with Crippen LogP contribution in [0.1, 0.15) is 16.7 Å². The lowest BCUT2D eigenvalue weighted by molar-refractivity contribution is 0.435. The maximum Gasteiger partial charge on any atom is 0.171 e. The molecule has 0 aliphatic rings. The van der Waals surface area contributed by atoms with E-state index in [1.807, 2.05) is 6.92 Å². The molecule has 3 heteroatoms. The number of benzene rings is 1. The van der Waals surface area contributed by atoms with Crippen LogP contribution in [0.4, 0.5) is 5.82 Å². The van der Waals surface area contributed by atoms with Gasteiger partial charge in [0.05, 0.1) is 0 Å². The van der Waals surface area contributed by atoms with Gasteiger partial charge in [0.2, 0.25) is 0 Å². The average molecular weight is 202 g/mol. The SMILES string of the molecule is Cc1cc(C)cc(-c2onc(N)c2C)c1. The highest BCUT2D eigenvalue weighted by Gasteiger charge is 2.11. The van der Waals surface area contributed by atoms with Crippen molar-refractivity contribution in [3.8, 4) is 11.3 Å². The van der Waals surface area contributed by atoms with E-state index in [0.29, 0.717) is 5.82 Å². The summed E-state index contributed by atoms with van der Waals surface area (Å²) >= 11 is 0. The molecule has 0 amide bonds. The van der Waals surface area contributed by atoms with Crippen molar-refractivity contribution in [1.29, 1.82) is 0 Å². The summed E-state index contributed by atoms with van der Waals surface area (Å²) in [7, 11) is 0. The fraction of sp³-hybridized carbons (Fsp3) is 0.250. The summed E-state index contributed by atoms with van der Waals surface area (Å²) in [6.45, 7) is 6.04. The molecule has 0 spiro atoms. The molecule has 1 aromatic carbocycles. The van der Waals surface area contributed by atoms with Gasteiger partial charge >= 0.3 is 0 Å². The second-order valence-corrected chi connectivity index (χ2v) is 3.90. The number of nitrogen functional groups attached to an aromatic ring is 1. The number of hydrogen-bond donors (Lipinski definition) is 1. The first-order chi connectivity index (χ1) is 7.08. The standard InChI is InChI=1S/C12H14N2O/c1-7-4-8(2)6-10(5-7)11-9(3)12(13)14-15-11/h4-6H,1-3H3,(H2,13,14). The molecule has 2 rings (SSSR count). The Bertz CT molecular complexity index is 480. The van der Waals surface area contributed by atoms with Crippen LogP contribution in [0.3, 0.4) is 0 Å². The van der Waals surface area contributed by atoms with Gasteiger partial charge in [0.15, 0.2) is 11.6 Å². The van der Waals surface area contributed by atoms with E-state index in [1.54, 1.807) is 0 Å². The van der Waals surface area contributed by atoms with Gasteiger partial charge in [-0.05, 0) is 32.9 Å². The van der Waals surface area contributed by atoms with E-state index in [4.69, 9.17) is 10.3 Å². The summed E-state index contributed by atoms with van der Waals surface area (Å²) in [5.74, 6) is 1.23. The van der Waals surface area contributed by atoms with E-state index in [9.17, 15) is 0 Å². The van der Waals surface area contributed by atoms with Crippen molar-refractivity contribution < 1.29 is 4.52 Å². The van der Waals surface area contributed by atoms with Crippen LogP contribution in [-0.4, -0.2) is 5.16 Å². The molecule has 78 valence electrons. The van der Waals surface area contributed by atoms with Crippen molar-refractivity contribution in [2.45, 2.75) is 20.8 Å². The largest absolute Gasteiger partial charge is 0.381 e. The Morgan fingerprint density at radius 2 is 1.67 bits per heavy atom. The van der Waals surface area contributed by atoms with Crippen molar-refractivity contribution >= 4 is 5.82 Å². The van der Waals surface area contributed by atoms with Crippen LogP contribution in [0.25, 0.3) is 11.3 Å². The van der Waals surface area contributed by atoms with Crippen molar-refractivity contribution in [2.24, 2.45) is 0 Å². The molecule has 0 fully saturated rings. The van der Waals surface area contributed by atoms with Crippen LogP contribution in [0.5, 0.6) is 0 Å².